The Morgan fingerprint density at radius 3 is 2.46 bits per heavy atom. The van der Waals surface area contributed by atoms with Crippen LogP contribution in [0.1, 0.15) is 0 Å². The molecular formula is C7H17N3O2S. The molecule has 1 fully saturated rings. The largest absolute Gasteiger partial charge is 0.314 e. The molecule has 1 aliphatic heterocycles. The molecule has 0 saturated carbocycles. The first-order valence-corrected chi connectivity index (χ1v) is 5.97. The maximum atomic E-state index is 11.3. The van der Waals surface area contributed by atoms with E-state index in [9.17, 15) is 8.42 Å². The molecule has 0 aromatic heterocycles. The Morgan fingerprint density at radius 1 is 1.46 bits per heavy atom. The molecule has 6 heteroatoms. The molecule has 0 spiro atoms. The summed E-state index contributed by atoms with van der Waals surface area (Å²) in [5.74, 6) is 0.177. The molecule has 0 unspecified atom stereocenters. The Hall–Kier alpha value is -0.170. The van der Waals surface area contributed by atoms with Gasteiger partial charge in [0.05, 0.1) is 5.75 Å². The van der Waals surface area contributed by atoms with E-state index in [1.54, 1.807) is 14.1 Å². The van der Waals surface area contributed by atoms with Crippen molar-refractivity contribution in [3.05, 3.63) is 0 Å². The van der Waals surface area contributed by atoms with E-state index in [0.29, 0.717) is 12.6 Å². The van der Waals surface area contributed by atoms with Gasteiger partial charge in [0.25, 0.3) is 0 Å². The molecule has 0 amide bonds. The summed E-state index contributed by atoms with van der Waals surface area (Å²) in [4.78, 5) is 0. The van der Waals surface area contributed by atoms with Gasteiger partial charge in [-0.2, -0.15) is 0 Å². The minimum Gasteiger partial charge on any atom is -0.314 e. The highest BCUT2D eigenvalue weighted by molar-refractivity contribution is 7.89. The number of sulfonamides is 1. The molecule has 1 aliphatic rings. The molecule has 0 aromatic carbocycles. The van der Waals surface area contributed by atoms with Crippen molar-refractivity contribution in [3.63, 3.8) is 0 Å². The van der Waals surface area contributed by atoms with Crippen molar-refractivity contribution in [2.24, 2.45) is 0 Å². The van der Waals surface area contributed by atoms with Gasteiger partial charge < -0.3 is 10.6 Å². The van der Waals surface area contributed by atoms with Crippen molar-refractivity contribution in [2.45, 2.75) is 6.04 Å². The van der Waals surface area contributed by atoms with Crippen LogP contribution in [0.25, 0.3) is 0 Å². The summed E-state index contributed by atoms with van der Waals surface area (Å²) >= 11 is 0. The fourth-order valence-corrected chi connectivity index (χ4v) is 1.75. The van der Waals surface area contributed by atoms with Gasteiger partial charge in [-0.1, -0.05) is 0 Å². The van der Waals surface area contributed by atoms with Crippen LogP contribution < -0.4 is 10.6 Å². The lowest BCUT2D eigenvalue weighted by Gasteiger charge is -2.28. The first-order valence-electron chi connectivity index (χ1n) is 4.36. The molecule has 2 N–H and O–H groups in total. The molecule has 1 rings (SSSR count). The van der Waals surface area contributed by atoms with Crippen LogP contribution in [0.2, 0.25) is 0 Å². The molecule has 0 aromatic rings. The summed E-state index contributed by atoms with van der Waals surface area (Å²) in [7, 11) is 0.0840. The Balaban J connectivity index is 2.17. The fraction of sp³-hybridized carbons (Fsp3) is 1.00. The maximum Gasteiger partial charge on any atom is 0.214 e. The zero-order valence-corrected chi connectivity index (χ0v) is 8.89. The van der Waals surface area contributed by atoms with E-state index in [0.717, 1.165) is 13.1 Å². The van der Waals surface area contributed by atoms with Crippen LogP contribution in [0, 0.1) is 0 Å². The van der Waals surface area contributed by atoms with Gasteiger partial charge in [-0.3, -0.25) is 0 Å². The third-order valence-electron chi connectivity index (χ3n) is 2.13. The molecule has 0 atom stereocenters. The first-order chi connectivity index (χ1) is 6.02. The van der Waals surface area contributed by atoms with Crippen LogP contribution in [-0.4, -0.2) is 58.2 Å². The van der Waals surface area contributed by atoms with Gasteiger partial charge in [-0.25, -0.2) is 12.7 Å². The van der Waals surface area contributed by atoms with Crippen LogP contribution in [0.4, 0.5) is 0 Å². The summed E-state index contributed by atoms with van der Waals surface area (Å²) in [5, 5.41) is 6.27. The van der Waals surface area contributed by atoms with Gasteiger partial charge in [0.1, 0.15) is 0 Å². The minimum absolute atomic E-state index is 0.177. The molecule has 5 nitrogen and oxygen atoms in total. The summed E-state index contributed by atoms with van der Waals surface area (Å²) in [5.41, 5.74) is 0. The fourth-order valence-electron chi connectivity index (χ4n) is 1.01. The van der Waals surface area contributed by atoms with Crippen LogP contribution in [-0.2, 0) is 10.0 Å². The summed E-state index contributed by atoms with van der Waals surface area (Å²) in [6.45, 7) is 2.43. The predicted molar refractivity (Wildman–Crippen MR) is 52.1 cm³/mol. The Bertz CT molecular complexity index is 246. The molecule has 78 valence electrons. The van der Waals surface area contributed by atoms with Crippen molar-refractivity contribution in [1.82, 2.24) is 14.9 Å². The highest BCUT2D eigenvalue weighted by atomic mass is 32.2. The zero-order valence-electron chi connectivity index (χ0n) is 8.08. The normalized spacial score (nSPS) is 19.0. The highest BCUT2D eigenvalue weighted by Gasteiger charge is 2.18. The average molecular weight is 207 g/mol. The lowest BCUT2D eigenvalue weighted by Crippen LogP contribution is -2.56. The minimum atomic E-state index is -3.03. The molecule has 0 bridgehead atoms. The van der Waals surface area contributed by atoms with Crippen molar-refractivity contribution in [2.75, 3.05) is 39.5 Å². The number of nitrogens with one attached hydrogen (secondary N) is 2. The Labute approximate surface area is 79.5 Å². The van der Waals surface area contributed by atoms with Crippen LogP contribution in [0.5, 0.6) is 0 Å². The zero-order chi connectivity index (χ0) is 9.90. The second-order valence-electron chi connectivity index (χ2n) is 3.41. The third-order valence-corrected chi connectivity index (χ3v) is 3.96. The number of hydrogen-bond donors (Lipinski definition) is 2. The molecular weight excluding hydrogens is 190 g/mol. The van der Waals surface area contributed by atoms with Gasteiger partial charge in [0, 0.05) is 39.8 Å². The number of rotatable bonds is 5. The van der Waals surface area contributed by atoms with Crippen molar-refractivity contribution in [3.8, 4) is 0 Å². The number of nitrogens with zero attached hydrogens (tertiary/aromatic N) is 1. The van der Waals surface area contributed by atoms with Crippen molar-refractivity contribution in [1.29, 1.82) is 0 Å². The van der Waals surface area contributed by atoms with E-state index in [-0.39, 0.29) is 5.75 Å². The van der Waals surface area contributed by atoms with Crippen LogP contribution >= 0.6 is 0 Å². The van der Waals surface area contributed by atoms with Gasteiger partial charge in [-0.05, 0) is 0 Å². The van der Waals surface area contributed by atoms with Crippen LogP contribution in [0.3, 0.4) is 0 Å². The Morgan fingerprint density at radius 2 is 2.08 bits per heavy atom. The van der Waals surface area contributed by atoms with Crippen molar-refractivity contribution >= 4 is 10.0 Å². The van der Waals surface area contributed by atoms with Crippen LogP contribution in [0.15, 0.2) is 0 Å². The maximum absolute atomic E-state index is 11.3. The lowest BCUT2D eigenvalue weighted by atomic mass is 10.2. The smallest absolute Gasteiger partial charge is 0.214 e. The molecule has 1 heterocycles. The van der Waals surface area contributed by atoms with E-state index in [1.807, 2.05) is 0 Å². The average Bonchev–Trinajstić information content (AvgIpc) is 1.94. The van der Waals surface area contributed by atoms with Crippen molar-refractivity contribution < 1.29 is 8.42 Å². The van der Waals surface area contributed by atoms with E-state index >= 15 is 0 Å². The van der Waals surface area contributed by atoms with Gasteiger partial charge in [0.15, 0.2) is 0 Å². The van der Waals surface area contributed by atoms with E-state index in [2.05, 4.69) is 10.6 Å². The lowest BCUT2D eigenvalue weighted by molar-refractivity contribution is 0.373. The quantitative estimate of drug-likeness (QED) is 0.572. The standard InChI is InChI=1S/C7H17N3O2S/c1-10(2)13(11,12)4-3-9-7-5-8-6-7/h7-9H,3-6H2,1-2H3. The molecule has 0 aliphatic carbocycles. The van der Waals surface area contributed by atoms with E-state index in [4.69, 9.17) is 0 Å². The molecule has 13 heavy (non-hydrogen) atoms. The Kier molecular flexibility index (Phi) is 3.66. The second kappa shape index (κ2) is 4.36. The van der Waals surface area contributed by atoms with E-state index < -0.39 is 10.0 Å². The SMILES string of the molecule is CN(C)S(=O)(=O)CCNC1CNC1. The third kappa shape index (κ3) is 3.22. The second-order valence-corrected chi connectivity index (χ2v) is 5.71. The number of hydrogen-bond acceptors (Lipinski definition) is 4. The van der Waals surface area contributed by atoms with Gasteiger partial charge in [0.2, 0.25) is 10.0 Å². The predicted octanol–water partition coefficient (Wildman–Crippen LogP) is -1.56. The topological polar surface area (TPSA) is 61.4 Å². The molecule has 0 radical (unpaired) electrons. The first kappa shape index (κ1) is 10.9. The summed E-state index contributed by atoms with van der Waals surface area (Å²) in [6.07, 6.45) is 0. The van der Waals surface area contributed by atoms with Gasteiger partial charge in [-0.15, -0.1) is 0 Å². The summed E-state index contributed by atoms with van der Waals surface area (Å²) < 4.78 is 23.8. The molecule has 1 saturated heterocycles. The highest BCUT2D eigenvalue weighted by Crippen LogP contribution is 1.94. The van der Waals surface area contributed by atoms with E-state index in [1.165, 1.54) is 4.31 Å². The summed E-state index contributed by atoms with van der Waals surface area (Å²) in [6, 6.07) is 0.456. The van der Waals surface area contributed by atoms with Gasteiger partial charge >= 0.3 is 0 Å². The monoisotopic (exact) mass is 207 g/mol.